The Morgan fingerprint density at radius 1 is 1.50 bits per heavy atom. The number of nitrogens with zero attached hydrogens (tertiary/aromatic N) is 3. The Hall–Kier alpha value is -1.94. The number of hydrogen-bond acceptors (Lipinski definition) is 3. The molecule has 0 aliphatic rings. The van der Waals surface area contributed by atoms with Gasteiger partial charge in [0, 0.05) is 10.6 Å². The molecule has 80 valence electrons. The Labute approximate surface area is 97.2 Å². The van der Waals surface area contributed by atoms with E-state index in [1.807, 2.05) is 0 Å². The van der Waals surface area contributed by atoms with Crippen molar-refractivity contribution < 1.29 is 4.79 Å². The molecule has 0 aliphatic carbocycles. The van der Waals surface area contributed by atoms with Gasteiger partial charge in [0.15, 0.2) is 5.78 Å². The van der Waals surface area contributed by atoms with Crippen LogP contribution in [-0.4, -0.2) is 20.5 Å². The SMILES string of the molecule is C=CC(=O)c1cc(Cl)ccc1-n1cncn1. The van der Waals surface area contributed by atoms with Crippen molar-refractivity contribution in [3.8, 4) is 5.69 Å². The molecule has 0 saturated heterocycles. The number of carbonyl (C=O) groups excluding carboxylic acids is 1. The Morgan fingerprint density at radius 3 is 2.94 bits per heavy atom. The lowest BCUT2D eigenvalue weighted by Gasteiger charge is -2.06. The first-order valence-electron chi connectivity index (χ1n) is 4.53. The summed E-state index contributed by atoms with van der Waals surface area (Å²) in [6, 6.07) is 4.99. The molecule has 2 rings (SSSR count). The predicted molar refractivity (Wildman–Crippen MR) is 60.9 cm³/mol. The first-order valence-corrected chi connectivity index (χ1v) is 4.91. The topological polar surface area (TPSA) is 47.8 Å². The second kappa shape index (κ2) is 4.28. The number of rotatable bonds is 3. The molecule has 0 bridgehead atoms. The zero-order valence-corrected chi connectivity index (χ0v) is 9.05. The zero-order chi connectivity index (χ0) is 11.5. The molecule has 1 aromatic heterocycles. The average molecular weight is 234 g/mol. The molecular formula is C11H8ClN3O. The van der Waals surface area contributed by atoms with Crippen LogP contribution in [-0.2, 0) is 0 Å². The van der Waals surface area contributed by atoms with Gasteiger partial charge in [-0.1, -0.05) is 18.2 Å². The van der Waals surface area contributed by atoms with Gasteiger partial charge in [0.2, 0.25) is 0 Å². The van der Waals surface area contributed by atoms with Crippen LogP contribution in [0.2, 0.25) is 5.02 Å². The van der Waals surface area contributed by atoms with Crippen LogP contribution in [0.3, 0.4) is 0 Å². The van der Waals surface area contributed by atoms with E-state index in [0.717, 1.165) is 0 Å². The van der Waals surface area contributed by atoms with Crippen LogP contribution in [0.25, 0.3) is 5.69 Å². The van der Waals surface area contributed by atoms with E-state index < -0.39 is 0 Å². The van der Waals surface area contributed by atoms with Gasteiger partial charge >= 0.3 is 0 Å². The molecule has 4 nitrogen and oxygen atoms in total. The molecule has 0 radical (unpaired) electrons. The summed E-state index contributed by atoms with van der Waals surface area (Å²) >= 11 is 5.85. The van der Waals surface area contributed by atoms with Crippen LogP contribution in [0.15, 0.2) is 43.5 Å². The molecule has 1 aromatic carbocycles. The van der Waals surface area contributed by atoms with Crippen molar-refractivity contribution in [1.29, 1.82) is 0 Å². The van der Waals surface area contributed by atoms with Crippen molar-refractivity contribution in [3.63, 3.8) is 0 Å². The van der Waals surface area contributed by atoms with Crippen LogP contribution in [0.1, 0.15) is 10.4 Å². The maximum Gasteiger partial charge on any atom is 0.187 e. The standard InChI is InChI=1S/C11H8ClN3O/c1-2-11(16)9-5-8(12)3-4-10(9)15-7-13-6-14-15/h2-7H,1H2. The predicted octanol–water partition coefficient (Wildman–Crippen LogP) is 2.29. The van der Waals surface area contributed by atoms with Gasteiger partial charge in [-0.25, -0.2) is 9.67 Å². The maximum atomic E-state index is 11.6. The number of ketones is 1. The highest BCUT2D eigenvalue weighted by Crippen LogP contribution is 2.19. The normalized spacial score (nSPS) is 10.1. The minimum atomic E-state index is -0.201. The Kier molecular flexibility index (Phi) is 2.83. The summed E-state index contributed by atoms with van der Waals surface area (Å²) in [5, 5.41) is 4.46. The van der Waals surface area contributed by atoms with Crippen LogP contribution < -0.4 is 0 Å². The third-order valence-electron chi connectivity index (χ3n) is 2.08. The smallest absolute Gasteiger partial charge is 0.187 e. The molecular weight excluding hydrogens is 226 g/mol. The third kappa shape index (κ3) is 1.87. The van der Waals surface area contributed by atoms with Crippen molar-refractivity contribution in [2.45, 2.75) is 0 Å². The Bertz CT molecular complexity index is 534. The highest BCUT2D eigenvalue weighted by molar-refractivity contribution is 6.31. The van der Waals surface area contributed by atoms with Gasteiger partial charge in [0.1, 0.15) is 12.7 Å². The summed E-state index contributed by atoms with van der Waals surface area (Å²) in [5.74, 6) is -0.201. The third-order valence-corrected chi connectivity index (χ3v) is 2.31. The first kappa shape index (κ1) is 10.6. The number of benzene rings is 1. The lowest BCUT2D eigenvalue weighted by Crippen LogP contribution is -2.04. The summed E-state index contributed by atoms with van der Waals surface area (Å²) in [6.45, 7) is 3.45. The number of halogens is 1. The van der Waals surface area contributed by atoms with E-state index in [9.17, 15) is 4.79 Å². The molecule has 0 atom stereocenters. The van der Waals surface area contributed by atoms with Crippen molar-refractivity contribution >= 4 is 17.4 Å². The van der Waals surface area contributed by atoms with Crippen molar-refractivity contribution in [3.05, 3.63) is 54.1 Å². The summed E-state index contributed by atoms with van der Waals surface area (Å²) in [5.41, 5.74) is 1.08. The second-order valence-electron chi connectivity index (χ2n) is 3.07. The molecule has 16 heavy (non-hydrogen) atoms. The van der Waals surface area contributed by atoms with Gasteiger partial charge < -0.3 is 0 Å². The van der Waals surface area contributed by atoms with E-state index >= 15 is 0 Å². The number of carbonyl (C=O) groups is 1. The Morgan fingerprint density at radius 2 is 2.31 bits per heavy atom. The van der Waals surface area contributed by atoms with E-state index in [1.165, 1.54) is 23.4 Å². The average Bonchev–Trinajstić information content (AvgIpc) is 2.81. The zero-order valence-electron chi connectivity index (χ0n) is 8.30. The van der Waals surface area contributed by atoms with Crippen molar-refractivity contribution in [2.24, 2.45) is 0 Å². The van der Waals surface area contributed by atoms with E-state index in [0.29, 0.717) is 16.3 Å². The highest BCUT2D eigenvalue weighted by Gasteiger charge is 2.11. The monoisotopic (exact) mass is 233 g/mol. The summed E-state index contributed by atoms with van der Waals surface area (Å²) in [7, 11) is 0. The fourth-order valence-electron chi connectivity index (χ4n) is 1.35. The maximum absolute atomic E-state index is 11.6. The highest BCUT2D eigenvalue weighted by atomic mass is 35.5. The molecule has 0 N–H and O–H groups in total. The number of aromatic nitrogens is 3. The summed E-state index contributed by atoms with van der Waals surface area (Å²) in [6.07, 6.45) is 4.16. The molecule has 0 aliphatic heterocycles. The fourth-order valence-corrected chi connectivity index (χ4v) is 1.52. The van der Waals surface area contributed by atoms with Gasteiger partial charge in [-0.3, -0.25) is 4.79 Å². The van der Waals surface area contributed by atoms with Crippen LogP contribution >= 0.6 is 11.6 Å². The van der Waals surface area contributed by atoms with Crippen molar-refractivity contribution in [1.82, 2.24) is 14.8 Å². The fraction of sp³-hybridized carbons (Fsp3) is 0. The van der Waals surface area contributed by atoms with Gasteiger partial charge in [-0.15, -0.1) is 0 Å². The molecule has 0 spiro atoms. The molecule has 0 saturated carbocycles. The molecule has 0 amide bonds. The van der Waals surface area contributed by atoms with E-state index in [2.05, 4.69) is 16.7 Å². The van der Waals surface area contributed by atoms with Gasteiger partial charge in [-0.05, 0) is 24.3 Å². The molecule has 5 heteroatoms. The van der Waals surface area contributed by atoms with Gasteiger partial charge in [0.05, 0.1) is 5.69 Å². The van der Waals surface area contributed by atoms with Crippen LogP contribution in [0.4, 0.5) is 0 Å². The van der Waals surface area contributed by atoms with E-state index in [1.54, 1.807) is 18.2 Å². The van der Waals surface area contributed by atoms with Crippen LogP contribution in [0, 0.1) is 0 Å². The second-order valence-corrected chi connectivity index (χ2v) is 3.51. The summed E-state index contributed by atoms with van der Waals surface area (Å²) in [4.78, 5) is 15.5. The van der Waals surface area contributed by atoms with Crippen LogP contribution in [0.5, 0.6) is 0 Å². The quantitative estimate of drug-likeness (QED) is 0.604. The first-order chi connectivity index (χ1) is 7.72. The molecule has 0 unspecified atom stereocenters. The van der Waals surface area contributed by atoms with E-state index in [4.69, 9.17) is 11.6 Å². The minimum Gasteiger partial charge on any atom is -0.289 e. The van der Waals surface area contributed by atoms with E-state index in [-0.39, 0.29) is 5.78 Å². The van der Waals surface area contributed by atoms with Crippen molar-refractivity contribution in [2.75, 3.05) is 0 Å². The summed E-state index contributed by atoms with van der Waals surface area (Å²) < 4.78 is 1.51. The lowest BCUT2D eigenvalue weighted by molar-refractivity contribution is 0.104. The number of allylic oxidation sites excluding steroid dienone is 1. The molecule has 2 aromatic rings. The molecule has 0 fully saturated rings. The van der Waals surface area contributed by atoms with Gasteiger partial charge in [0.25, 0.3) is 0 Å². The molecule has 1 heterocycles. The van der Waals surface area contributed by atoms with Gasteiger partial charge in [-0.2, -0.15) is 5.10 Å². The minimum absolute atomic E-state index is 0.201. The number of hydrogen-bond donors (Lipinski definition) is 0. The Balaban J connectivity index is 2.61. The largest absolute Gasteiger partial charge is 0.289 e. The lowest BCUT2D eigenvalue weighted by atomic mass is 10.1.